The Bertz CT molecular complexity index is 472. The van der Waals surface area contributed by atoms with Gasteiger partial charge in [-0.05, 0) is 43.4 Å². The van der Waals surface area contributed by atoms with E-state index in [1.807, 2.05) is 11.0 Å². The summed E-state index contributed by atoms with van der Waals surface area (Å²) in [4.78, 5) is 14.5. The Kier molecular flexibility index (Phi) is 3.56. The van der Waals surface area contributed by atoms with E-state index in [0.717, 1.165) is 25.2 Å². The third kappa shape index (κ3) is 2.52. The lowest BCUT2D eigenvalue weighted by atomic mass is 9.90. The molecule has 3 nitrogen and oxygen atoms in total. The topological polar surface area (TPSA) is 32.3 Å². The number of nitrogens with zero attached hydrogens (tertiary/aromatic N) is 1. The molecule has 2 atom stereocenters. The Morgan fingerprint density at radius 3 is 3.11 bits per heavy atom. The number of hydrogen-bond donors (Lipinski definition) is 1. The summed E-state index contributed by atoms with van der Waals surface area (Å²) in [7, 11) is 0. The normalized spacial score (nSPS) is 26.3. The molecule has 2 unspecified atom stereocenters. The van der Waals surface area contributed by atoms with E-state index in [2.05, 4.69) is 30.4 Å². The maximum atomic E-state index is 12.5. The molecule has 0 radical (unpaired) electrons. The average Bonchev–Trinajstić information content (AvgIpc) is 2.85. The molecular formula is C16H22N2O. The van der Waals surface area contributed by atoms with Gasteiger partial charge in [0, 0.05) is 24.7 Å². The Hall–Kier alpha value is -1.35. The van der Waals surface area contributed by atoms with Crippen LogP contribution in [0.4, 0.5) is 5.69 Å². The second kappa shape index (κ2) is 5.33. The number of anilines is 1. The van der Waals surface area contributed by atoms with Gasteiger partial charge in [-0.25, -0.2) is 0 Å². The highest BCUT2D eigenvalue weighted by Crippen LogP contribution is 2.29. The first-order valence-corrected chi connectivity index (χ1v) is 7.37. The van der Waals surface area contributed by atoms with Gasteiger partial charge in [0.05, 0.1) is 0 Å². The molecule has 1 fully saturated rings. The van der Waals surface area contributed by atoms with E-state index in [0.29, 0.717) is 18.4 Å². The molecule has 19 heavy (non-hydrogen) atoms. The van der Waals surface area contributed by atoms with Crippen molar-refractivity contribution in [2.75, 3.05) is 18.0 Å². The number of fused-ring (bicyclic) bond motifs is 1. The Morgan fingerprint density at radius 1 is 1.42 bits per heavy atom. The van der Waals surface area contributed by atoms with Crippen molar-refractivity contribution in [2.45, 2.75) is 38.6 Å². The molecule has 0 aliphatic carbocycles. The van der Waals surface area contributed by atoms with Gasteiger partial charge in [-0.2, -0.15) is 0 Å². The molecule has 2 aliphatic heterocycles. The number of nitrogens with one attached hydrogen (secondary N) is 1. The van der Waals surface area contributed by atoms with Gasteiger partial charge in [-0.1, -0.05) is 25.1 Å². The zero-order valence-corrected chi connectivity index (χ0v) is 11.6. The number of amides is 1. The predicted molar refractivity (Wildman–Crippen MR) is 77.3 cm³/mol. The fourth-order valence-electron chi connectivity index (χ4n) is 3.28. The van der Waals surface area contributed by atoms with Crippen molar-refractivity contribution < 1.29 is 4.79 Å². The van der Waals surface area contributed by atoms with Crippen LogP contribution in [0.2, 0.25) is 0 Å². The molecule has 0 spiro atoms. The van der Waals surface area contributed by atoms with Crippen molar-refractivity contribution in [2.24, 2.45) is 5.92 Å². The van der Waals surface area contributed by atoms with Crippen LogP contribution in [0.25, 0.3) is 0 Å². The number of rotatable bonds is 2. The van der Waals surface area contributed by atoms with Crippen LogP contribution >= 0.6 is 0 Å². The minimum Gasteiger partial charge on any atom is -0.313 e. The minimum atomic E-state index is 0.274. The number of piperidine rings is 1. The van der Waals surface area contributed by atoms with Crippen molar-refractivity contribution in [1.29, 1.82) is 0 Å². The van der Waals surface area contributed by atoms with Gasteiger partial charge in [0.15, 0.2) is 0 Å². The molecule has 2 aliphatic rings. The maximum Gasteiger partial charge on any atom is 0.228 e. The van der Waals surface area contributed by atoms with E-state index < -0.39 is 0 Å². The molecule has 1 N–H and O–H groups in total. The fourth-order valence-corrected chi connectivity index (χ4v) is 3.28. The predicted octanol–water partition coefficient (Wildman–Crippen LogP) is 2.35. The second-order valence-electron chi connectivity index (χ2n) is 5.81. The summed E-state index contributed by atoms with van der Waals surface area (Å²) in [6.07, 6.45) is 4.10. The third-order valence-corrected chi connectivity index (χ3v) is 4.51. The van der Waals surface area contributed by atoms with Crippen LogP contribution in [0.1, 0.15) is 31.7 Å². The summed E-state index contributed by atoms with van der Waals surface area (Å²) < 4.78 is 0. The first-order chi connectivity index (χ1) is 9.25. The summed E-state index contributed by atoms with van der Waals surface area (Å²) >= 11 is 0. The van der Waals surface area contributed by atoms with E-state index >= 15 is 0 Å². The Morgan fingerprint density at radius 2 is 2.26 bits per heavy atom. The number of benzene rings is 1. The van der Waals surface area contributed by atoms with Gasteiger partial charge in [0.1, 0.15) is 0 Å². The smallest absolute Gasteiger partial charge is 0.228 e. The highest BCUT2D eigenvalue weighted by Gasteiger charge is 2.29. The van der Waals surface area contributed by atoms with E-state index in [4.69, 9.17) is 0 Å². The third-order valence-electron chi connectivity index (χ3n) is 4.51. The molecule has 3 heteroatoms. The van der Waals surface area contributed by atoms with Crippen molar-refractivity contribution in [1.82, 2.24) is 5.32 Å². The lowest BCUT2D eigenvalue weighted by Crippen LogP contribution is -2.44. The van der Waals surface area contributed by atoms with Gasteiger partial charge < -0.3 is 10.2 Å². The minimum absolute atomic E-state index is 0.274. The summed E-state index contributed by atoms with van der Waals surface area (Å²) in [6.45, 7) is 4.15. The van der Waals surface area contributed by atoms with Crippen molar-refractivity contribution >= 4 is 11.6 Å². The molecule has 1 aromatic rings. The number of para-hydroxylation sites is 1. The number of hydrogen-bond acceptors (Lipinski definition) is 2. The SMILES string of the molecule is CC1CCCNC1CC(=O)N1CCc2ccccc21. The summed E-state index contributed by atoms with van der Waals surface area (Å²) in [5.74, 6) is 0.881. The van der Waals surface area contributed by atoms with E-state index in [-0.39, 0.29) is 5.91 Å². The lowest BCUT2D eigenvalue weighted by Gasteiger charge is -2.31. The monoisotopic (exact) mass is 258 g/mol. The maximum absolute atomic E-state index is 12.5. The van der Waals surface area contributed by atoms with Crippen LogP contribution in [-0.4, -0.2) is 25.0 Å². The molecule has 0 aromatic heterocycles. The van der Waals surface area contributed by atoms with Crippen LogP contribution < -0.4 is 10.2 Å². The highest BCUT2D eigenvalue weighted by molar-refractivity contribution is 5.95. The molecule has 0 bridgehead atoms. The standard InChI is InChI=1S/C16H22N2O/c1-12-5-4-9-17-14(12)11-16(19)18-10-8-13-6-2-3-7-15(13)18/h2-3,6-7,12,14,17H,4-5,8-11H2,1H3. The Labute approximate surface area is 115 Å². The first-order valence-electron chi connectivity index (χ1n) is 7.37. The van der Waals surface area contributed by atoms with Crippen LogP contribution in [0.3, 0.4) is 0 Å². The average molecular weight is 258 g/mol. The fraction of sp³-hybridized carbons (Fsp3) is 0.562. The van der Waals surface area contributed by atoms with Gasteiger partial charge in [-0.15, -0.1) is 0 Å². The zero-order chi connectivity index (χ0) is 13.2. The van der Waals surface area contributed by atoms with Crippen LogP contribution in [0.5, 0.6) is 0 Å². The molecule has 3 rings (SSSR count). The van der Waals surface area contributed by atoms with Crippen LogP contribution in [-0.2, 0) is 11.2 Å². The van der Waals surface area contributed by atoms with Gasteiger partial charge in [-0.3, -0.25) is 4.79 Å². The summed E-state index contributed by atoms with van der Waals surface area (Å²) in [5, 5.41) is 3.50. The van der Waals surface area contributed by atoms with Crippen molar-refractivity contribution in [3.05, 3.63) is 29.8 Å². The molecule has 0 saturated carbocycles. The van der Waals surface area contributed by atoms with Crippen LogP contribution in [0.15, 0.2) is 24.3 Å². The molecule has 1 amide bonds. The van der Waals surface area contributed by atoms with E-state index in [1.54, 1.807) is 0 Å². The molecule has 1 aromatic carbocycles. The summed E-state index contributed by atoms with van der Waals surface area (Å²) in [6, 6.07) is 8.62. The zero-order valence-electron chi connectivity index (χ0n) is 11.6. The van der Waals surface area contributed by atoms with Crippen LogP contribution in [0, 0.1) is 5.92 Å². The van der Waals surface area contributed by atoms with E-state index in [1.165, 1.54) is 18.4 Å². The van der Waals surface area contributed by atoms with Gasteiger partial charge in [0.2, 0.25) is 5.91 Å². The molecule has 1 saturated heterocycles. The van der Waals surface area contributed by atoms with Gasteiger partial charge >= 0.3 is 0 Å². The molecule has 102 valence electrons. The largest absolute Gasteiger partial charge is 0.313 e. The number of carbonyl (C=O) groups excluding carboxylic acids is 1. The van der Waals surface area contributed by atoms with Crippen molar-refractivity contribution in [3.8, 4) is 0 Å². The quantitative estimate of drug-likeness (QED) is 0.883. The highest BCUT2D eigenvalue weighted by atomic mass is 16.2. The number of carbonyl (C=O) groups is 1. The lowest BCUT2D eigenvalue weighted by molar-refractivity contribution is -0.119. The molecular weight excluding hydrogens is 236 g/mol. The van der Waals surface area contributed by atoms with Gasteiger partial charge in [0.25, 0.3) is 0 Å². The molecule has 2 heterocycles. The first kappa shape index (κ1) is 12.7. The second-order valence-corrected chi connectivity index (χ2v) is 5.81. The van der Waals surface area contributed by atoms with E-state index in [9.17, 15) is 4.79 Å². The van der Waals surface area contributed by atoms with Crippen molar-refractivity contribution in [3.63, 3.8) is 0 Å². The Balaban J connectivity index is 1.68. The summed E-state index contributed by atoms with van der Waals surface area (Å²) in [5.41, 5.74) is 2.43.